The highest BCUT2D eigenvalue weighted by Gasteiger charge is 2.02. The number of nitrogens with zero attached hydrogens (tertiary/aromatic N) is 4. The fourth-order valence-electron chi connectivity index (χ4n) is 1.32. The Morgan fingerprint density at radius 2 is 2.29 bits per heavy atom. The Kier molecular flexibility index (Phi) is 3.98. The molecule has 6 heteroatoms. The van der Waals surface area contributed by atoms with Crippen LogP contribution in [0, 0.1) is 0 Å². The number of nitrogens with one attached hydrogen (secondary N) is 1. The lowest BCUT2D eigenvalue weighted by Gasteiger charge is -2.04. The molecule has 2 heterocycles. The third kappa shape index (κ3) is 3.45. The van der Waals surface area contributed by atoms with Crippen LogP contribution >= 0.6 is 11.8 Å². The first-order valence-electron chi connectivity index (χ1n) is 5.50. The second-order valence-electron chi connectivity index (χ2n) is 3.62. The van der Waals surface area contributed by atoms with Gasteiger partial charge in [-0.3, -0.25) is 4.68 Å². The number of hydrogen-bond acceptors (Lipinski definition) is 5. The summed E-state index contributed by atoms with van der Waals surface area (Å²) in [7, 11) is 1.90. The van der Waals surface area contributed by atoms with Crippen LogP contribution in [0.4, 0.5) is 5.82 Å². The summed E-state index contributed by atoms with van der Waals surface area (Å²) in [5.41, 5.74) is 0. The predicted molar refractivity (Wildman–Crippen MR) is 68.1 cm³/mol. The molecular weight excluding hydrogens is 234 g/mol. The van der Waals surface area contributed by atoms with Crippen molar-refractivity contribution in [3.05, 3.63) is 24.8 Å². The Morgan fingerprint density at radius 1 is 1.41 bits per heavy atom. The molecule has 17 heavy (non-hydrogen) atoms. The highest BCUT2D eigenvalue weighted by Crippen LogP contribution is 2.25. The Morgan fingerprint density at radius 3 is 3.00 bits per heavy atom. The van der Waals surface area contributed by atoms with E-state index in [-0.39, 0.29) is 0 Å². The van der Waals surface area contributed by atoms with E-state index in [0.29, 0.717) is 0 Å². The Bertz CT molecular complexity index is 482. The quantitative estimate of drug-likeness (QED) is 0.823. The van der Waals surface area contributed by atoms with Gasteiger partial charge in [0.05, 0.1) is 11.1 Å². The van der Waals surface area contributed by atoms with Gasteiger partial charge in [0, 0.05) is 25.9 Å². The largest absolute Gasteiger partial charge is 0.370 e. The first-order chi connectivity index (χ1) is 8.28. The van der Waals surface area contributed by atoms with Crippen LogP contribution in [0.15, 0.2) is 34.7 Å². The van der Waals surface area contributed by atoms with Crippen molar-refractivity contribution >= 4 is 17.6 Å². The number of aromatic nitrogens is 4. The van der Waals surface area contributed by atoms with Crippen LogP contribution in [0.2, 0.25) is 0 Å². The molecule has 90 valence electrons. The van der Waals surface area contributed by atoms with Crippen LogP contribution in [0.5, 0.6) is 0 Å². The predicted octanol–water partition coefficient (Wildman–Crippen LogP) is 2.18. The van der Waals surface area contributed by atoms with Gasteiger partial charge in [-0.15, -0.1) is 0 Å². The minimum Gasteiger partial charge on any atom is -0.370 e. The first kappa shape index (κ1) is 11.9. The zero-order valence-electron chi connectivity index (χ0n) is 9.92. The molecule has 0 amide bonds. The van der Waals surface area contributed by atoms with Crippen molar-refractivity contribution in [2.75, 3.05) is 11.9 Å². The minimum absolute atomic E-state index is 0.869. The van der Waals surface area contributed by atoms with Crippen molar-refractivity contribution in [2.45, 2.75) is 23.3 Å². The summed E-state index contributed by atoms with van der Waals surface area (Å²) in [6.07, 6.45) is 6.45. The molecule has 2 aromatic heterocycles. The van der Waals surface area contributed by atoms with Gasteiger partial charge in [-0.1, -0.05) is 18.7 Å². The maximum absolute atomic E-state index is 4.23. The van der Waals surface area contributed by atoms with Crippen LogP contribution in [-0.4, -0.2) is 26.3 Å². The van der Waals surface area contributed by atoms with Crippen LogP contribution in [0.25, 0.3) is 0 Å². The maximum atomic E-state index is 4.23. The maximum Gasteiger partial charge on any atom is 0.130 e. The van der Waals surface area contributed by atoms with E-state index in [1.807, 2.05) is 25.5 Å². The smallest absolute Gasteiger partial charge is 0.130 e. The highest BCUT2D eigenvalue weighted by atomic mass is 32.2. The molecule has 0 radical (unpaired) electrons. The third-order valence-electron chi connectivity index (χ3n) is 2.10. The van der Waals surface area contributed by atoms with Crippen molar-refractivity contribution in [1.82, 2.24) is 19.7 Å². The first-order valence-corrected chi connectivity index (χ1v) is 6.32. The molecule has 0 atom stereocenters. The number of anilines is 1. The molecule has 0 spiro atoms. The van der Waals surface area contributed by atoms with E-state index < -0.39 is 0 Å². The minimum atomic E-state index is 0.869. The highest BCUT2D eigenvalue weighted by molar-refractivity contribution is 7.99. The average Bonchev–Trinajstić information content (AvgIpc) is 2.73. The van der Waals surface area contributed by atoms with Gasteiger partial charge in [-0.25, -0.2) is 9.97 Å². The SMILES string of the molecule is CCCNc1cc(Sc2cnn(C)c2)ncn1. The van der Waals surface area contributed by atoms with Crippen molar-refractivity contribution in [2.24, 2.45) is 7.05 Å². The summed E-state index contributed by atoms with van der Waals surface area (Å²) in [5.74, 6) is 0.869. The molecule has 0 saturated carbocycles. The van der Waals surface area contributed by atoms with E-state index in [0.717, 1.165) is 28.7 Å². The Labute approximate surface area is 105 Å². The molecule has 0 aromatic carbocycles. The van der Waals surface area contributed by atoms with E-state index in [4.69, 9.17) is 0 Å². The summed E-state index contributed by atoms with van der Waals surface area (Å²) >= 11 is 1.58. The lowest BCUT2D eigenvalue weighted by atomic mass is 10.4. The number of aryl methyl sites for hydroxylation is 1. The van der Waals surface area contributed by atoms with Gasteiger partial charge < -0.3 is 5.32 Å². The molecule has 0 fully saturated rings. The van der Waals surface area contributed by atoms with Gasteiger partial charge in [0.15, 0.2) is 0 Å². The summed E-state index contributed by atoms with van der Waals surface area (Å²) in [6, 6.07) is 1.95. The monoisotopic (exact) mass is 249 g/mol. The Balaban J connectivity index is 2.05. The van der Waals surface area contributed by atoms with E-state index in [2.05, 4.69) is 27.3 Å². The molecule has 0 aliphatic rings. The van der Waals surface area contributed by atoms with Crippen LogP contribution in [-0.2, 0) is 7.05 Å². The molecule has 0 bridgehead atoms. The second-order valence-corrected chi connectivity index (χ2v) is 4.71. The molecule has 0 aliphatic carbocycles. The lowest BCUT2D eigenvalue weighted by molar-refractivity contribution is 0.766. The molecule has 0 unspecified atom stereocenters. The lowest BCUT2D eigenvalue weighted by Crippen LogP contribution is -2.02. The molecule has 0 saturated heterocycles. The van der Waals surface area contributed by atoms with E-state index in [1.54, 1.807) is 22.8 Å². The summed E-state index contributed by atoms with van der Waals surface area (Å²) < 4.78 is 1.78. The van der Waals surface area contributed by atoms with E-state index in [1.165, 1.54) is 0 Å². The van der Waals surface area contributed by atoms with Crippen molar-refractivity contribution in [3.63, 3.8) is 0 Å². The van der Waals surface area contributed by atoms with Crippen molar-refractivity contribution in [3.8, 4) is 0 Å². The van der Waals surface area contributed by atoms with Crippen LogP contribution in [0.1, 0.15) is 13.3 Å². The van der Waals surface area contributed by atoms with Gasteiger partial charge in [-0.2, -0.15) is 5.10 Å². The number of hydrogen-bond donors (Lipinski definition) is 1. The third-order valence-corrected chi connectivity index (χ3v) is 2.98. The van der Waals surface area contributed by atoms with Crippen molar-refractivity contribution < 1.29 is 0 Å². The summed E-state index contributed by atoms with van der Waals surface area (Å²) in [6.45, 7) is 3.05. The molecule has 2 aromatic rings. The van der Waals surface area contributed by atoms with Gasteiger partial charge in [0.1, 0.15) is 17.2 Å². The van der Waals surface area contributed by atoms with Gasteiger partial charge in [-0.05, 0) is 6.42 Å². The fraction of sp³-hybridized carbons (Fsp3) is 0.364. The summed E-state index contributed by atoms with van der Waals surface area (Å²) in [5, 5.41) is 8.28. The molecule has 1 N–H and O–H groups in total. The molecular formula is C11H15N5S. The van der Waals surface area contributed by atoms with Gasteiger partial charge >= 0.3 is 0 Å². The van der Waals surface area contributed by atoms with Gasteiger partial charge in [0.2, 0.25) is 0 Å². The summed E-state index contributed by atoms with van der Waals surface area (Å²) in [4.78, 5) is 9.47. The number of rotatable bonds is 5. The fourth-order valence-corrected chi connectivity index (χ4v) is 2.13. The van der Waals surface area contributed by atoms with Crippen LogP contribution in [0.3, 0.4) is 0 Å². The Hall–Kier alpha value is -1.56. The molecule has 0 aliphatic heterocycles. The standard InChI is InChI=1S/C11H15N5S/c1-3-4-12-10-5-11(14-8-13-10)17-9-6-15-16(2)7-9/h5-8H,3-4H2,1-2H3,(H,12,13,14). The van der Waals surface area contributed by atoms with Crippen molar-refractivity contribution in [1.29, 1.82) is 0 Å². The molecule has 5 nitrogen and oxygen atoms in total. The zero-order chi connectivity index (χ0) is 12.1. The van der Waals surface area contributed by atoms with Crippen LogP contribution < -0.4 is 5.32 Å². The van der Waals surface area contributed by atoms with Gasteiger partial charge in [0.25, 0.3) is 0 Å². The van der Waals surface area contributed by atoms with E-state index >= 15 is 0 Å². The van der Waals surface area contributed by atoms with E-state index in [9.17, 15) is 0 Å². The molecule has 2 rings (SSSR count). The topological polar surface area (TPSA) is 55.6 Å². The zero-order valence-corrected chi connectivity index (χ0v) is 10.7. The normalized spacial score (nSPS) is 10.5. The second kappa shape index (κ2) is 5.67. The average molecular weight is 249 g/mol.